The Bertz CT molecular complexity index is 1020. The summed E-state index contributed by atoms with van der Waals surface area (Å²) in [5.41, 5.74) is -3.64. The number of hydrogen-bond donors (Lipinski definition) is 0. The fraction of sp³-hybridized carbons (Fsp3) is 0.440. The minimum Gasteiger partial charge on any atom is -0.307 e. The van der Waals surface area contributed by atoms with Gasteiger partial charge < -0.3 is 4.90 Å². The summed E-state index contributed by atoms with van der Waals surface area (Å²) < 4.78 is 85.3. The Balaban J connectivity index is 1.99. The van der Waals surface area contributed by atoms with Gasteiger partial charge in [0, 0.05) is 11.5 Å². The molecular formula is C25H25F6N3. The fourth-order valence-electron chi connectivity index (χ4n) is 4.68. The van der Waals surface area contributed by atoms with Crippen LogP contribution in [0.2, 0.25) is 0 Å². The van der Waals surface area contributed by atoms with E-state index in [2.05, 4.69) is 9.98 Å². The molecule has 0 saturated heterocycles. The molecule has 1 atom stereocenters. The molecule has 0 amide bonds. The lowest BCUT2D eigenvalue weighted by molar-refractivity contribution is -0.293. The van der Waals surface area contributed by atoms with E-state index in [4.69, 9.17) is 0 Å². The molecule has 3 nitrogen and oxygen atoms in total. The van der Waals surface area contributed by atoms with Crippen molar-refractivity contribution in [3.05, 3.63) is 71.8 Å². The number of aliphatic imine (C=N–C) groups is 2. The van der Waals surface area contributed by atoms with Crippen LogP contribution in [-0.2, 0) is 0 Å². The molecule has 0 aromatic heterocycles. The molecule has 0 spiro atoms. The van der Waals surface area contributed by atoms with Crippen LogP contribution < -0.4 is 0 Å². The van der Waals surface area contributed by atoms with Crippen molar-refractivity contribution >= 4 is 11.7 Å². The Morgan fingerprint density at radius 2 is 1.32 bits per heavy atom. The SMILES string of the molecule is CC(c1ccccc1)N1C(c2ccccc2)=NC(C(F)(F)F)(C(F)(F)F)N=C1C1CCCCC1. The molecule has 1 aliphatic carbocycles. The lowest BCUT2D eigenvalue weighted by atomic mass is 9.86. The number of amidine groups is 2. The van der Waals surface area contributed by atoms with E-state index in [0.717, 1.165) is 24.8 Å². The van der Waals surface area contributed by atoms with Crippen molar-refractivity contribution in [2.24, 2.45) is 15.9 Å². The van der Waals surface area contributed by atoms with Gasteiger partial charge in [0.15, 0.2) is 0 Å². The topological polar surface area (TPSA) is 28.0 Å². The van der Waals surface area contributed by atoms with Gasteiger partial charge in [-0.3, -0.25) is 0 Å². The van der Waals surface area contributed by atoms with Crippen LogP contribution in [-0.4, -0.2) is 34.6 Å². The summed E-state index contributed by atoms with van der Waals surface area (Å²) >= 11 is 0. The summed E-state index contributed by atoms with van der Waals surface area (Å²) in [7, 11) is 0. The summed E-state index contributed by atoms with van der Waals surface area (Å²) in [5.74, 6) is -1.10. The lowest BCUT2D eigenvalue weighted by Crippen LogP contribution is -2.60. The summed E-state index contributed by atoms with van der Waals surface area (Å²) in [6.45, 7) is 1.75. The van der Waals surface area contributed by atoms with Gasteiger partial charge in [-0.1, -0.05) is 79.9 Å². The maximum Gasteiger partial charge on any atom is 0.443 e. The van der Waals surface area contributed by atoms with Gasteiger partial charge in [-0.25, -0.2) is 9.98 Å². The first-order chi connectivity index (χ1) is 16.1. The first-order valence-electron chi connectivity index (χ1n) is 11.3. The van der Waals surface area contributed by atoms with Crippen LogP contribution in [0.4, 0.5) is 26.3 Å². The van der Waals surface area contributed by atoms with Gasteiger partial charge in [0.25, 0.3) is 0 Å². The molecule has 1 saturated carbocycles. The Kier molecular flexibility index (Phi) is 6.48. The van der Waals surface area contributed by atoms with Gasteiger partial charge in [-0.15, -0.1) is 0 Å². The molecule has 1 unspecified atom stereocenters. The van der Waals surface area contributed by atoms with Crippen LogP contribution in [0.1, 0.15) is 56.2 Å². The molecule has 2 aromatic carbocycles. The van der Waals surface area contributed by atoms with Crippen LogP contribution in [0.15, 0.2) is 70.6 Å². The third-order valence-electron chi connectivity index (χ3n) is 6.48. The first-order valence-corrected chi connectivity index (χ1v) is 11.3. The average molecular weight is 481 g/mol. The molecule has 4 rings (SSSR count). The van der Waals surface area contributed by atoms with Crippen molar-refractivity contribution in [3.63, 3.8) is 0 Å². The van der Waals surface area contributed by atoms with Gasteiger partial charge >= 0.3 is 18.0 Å². The van der Waals surface area contributed by atoms with Crippen LogP contribution in [0, 0.1) is 5.92 Å². The monoisotopic (exact) mass is 481 g/mol. The third kappa shape index (κ3) is 4.32. The summed E-state index contributed by atoms with van der Waals surface area (Å²) in [6.07, 6.45) is -8.22. The number of nitrogens with zero attached hydrogens (tertiary/aromatic N) is 3. The molecule has 2 aliphatic rings. The Morgan fingerprint density at radius 3 is 1.85 bits per heavy atom. The van der Waals surface area contributed by atoms with E-state index in [1.165, 1.54) is 17.0 Å². The van der Waals surface area contributed by atoms with Gasteiger partial charge in [0.05, 0.1) is 6.04 Å². The van der Waals surface area contributed by atoms with Crippen molar-refractivity contribution in [3.8, 4) is 0 Å². The number of hydrogen-bond acceptors (Lipinski definition) is 3. The number of rotatable bonds is 4. The second-order valence-corrected chi connectivity index (χ2v) is 8.73. The van der Waals surface area contributed by atoms with Crippen LogP contribution >= 0.6 is 0 Å². The molecule has 182 valence electrons. The molecule has 1 fully saturated rings. The highest BCUT2D eigenvalue weighted by Gasteiger charge is 2.74. The summed E-state index contributed by atoms with van der Waals surface area (Å²) in [4.78, 5) is 8.38. The van der Waals surface area contributed by atoms with Crippen LogP contribution in [0.3, 0.4) is 0 Å². The Morgan fingerprint density at radius 1 is 0.794 bits per heavy atom. The zero-order chi connectivity index (χ0) is 24.6. The molecular weight excluding hydrogens is 456 g/mol. The minimum absolute atomic E-state index is 0.173. The highest BCUT2D eigenvalue weighted by molar-refractivity contribution is 6.11. The van der Waals surface area contributed by atoms with E-state index in [1.54, 1.807) is 55.5 Å². The zero-order valence-electron chi connectivity index (χ0n) is 18.6. The fourth-order valence-corrected chi connectivity index (χ4v) is 4.68. The molecule has 0 N–H and O–H groups in total. The predicted molar refractivity (Wildman–Crippen MR) is 119 cm³/mol. The second-order valence-electron chi connectivity index (χ2n) is 8.73. The normalized spacial score (nSPS) is 20.5. The number of alkyl halides is 6. The highest BCUT2D eigenvalue weighted by atomic mass is 19.4. The molecule has 0 radical (unpaired) electrons. The van der Waals surface area contributed by atoms with E-state index in [-0.39, 0.29) is 17.2 Å². The largest absolute Gasteiger partial charge is 0.443 e. The average Bonchev–Trinajstić information content (AvgIpc) is 2.83. The van der Waals surface area contributed by atoms with E-state index >= 15 is 0 Å². The van der Waals surface area contributed by atoms with Crippen molar-refractivity contribution in [1.82, 2.24) is 4.90 Å². The van der Waals surface area contributed by atoms with Gasteiger partial charge in [-0.05, 0) is 25.3 Å². The number of halogens is 6. The van der Waals surface area contributed by atoms with Gasteiger partial charge in [-0.2, -0.15) is 26.3 Å². The van der Waals surface area contributed by atoms with E-state index in [1.807, 2.05) is 0 Å². The van der Waals surface area contributed by atoms with Crippen LogP contribution in [0.5, 0.6) is 0 Å². The summed E-state index contributed by atoms with van der Waals surface area (Å²) in [5, 5.41) is 0. The Labute approximate surface area is 194 Å². The Hall–Kier alpha value is -2.84. The molecule has 1 heterocycles. The quantitative estimate of drug-likeness (QED) is 0.421. The first kappa shape index (κ1) is 24.3. The third-order valence-corrected chi connectivity index (χ3v) is 6.48. The van der Waals surface area contributed by atoms with E-state index < -0.39 is 30.0 Å². The lowest BCUT2D eigenvalue weighted by Gasteiger charge is -2.44. The smallest absolute Gasteiger partial charge is 0.307 e. The minimum atomic E-state index is -5.76. The number of benzene rings is 2. The molecule has 1 aliphatic heterocycles. The standard InChI is InChI=1S/C25H25F6N3/c1-17(18-11-5-2-6-12-18)34-21(19-13-7-3-8-14-19)32-23(24(26,27)28,25(29,30)31)33-22(34)20-15-9-4-10-16-20/h2-3,5-8,11-14,17,20H,4,9-10,15-16H2,1H3. The van der Waals surface area contributed by atoms with Crippen molar-refractivity contribution < 1.29 is 26.3 Å². The van der Waals surface area contributed by atoms with Crippen LogP contribution in [0.25, 0.3) is 0 Å². The van der Waals surface area contributed by atoms with E-state index in [9.17, 15) is 26.3 Å². The van der Waals surface area contributed by atoms with Gasteiger partial charge in [0.1, 0.15) is 11.7 Å². The zero-order valence-corrected chi connectivity index (χ0v) is 18.6. The molecule has 0 bridgehead atoms. The maximum atomic E-state index is 14.2. The molecule has 9 heteroatoms. The molecule has 2 aromatic rings. The van der Waals surface area contributed by atoms with E-state index in [0.29, 0.717) is 12.8 Å². The maximum absolute atomic E-state index is 14.2. The summed E-state index contributed by atoms with van der Waals surface area (Å²) in [6, 6.07) is 16.1. The van der Waals surface area contributed by atoms with Crippen molar-refractivity contribution in [2.75, 3.05) is 0 Å². The predicted octanol–water partition coefficient (Wildman–Crippen LogP) is 7.31. The highest BCUT2D eigenvalue weighted by Crippen LogP contribution is 2.50. The van der Waals surface area contributed by atoms with Crippen molar-refractivity contribution in [1.29, 1.82) is 0 Å². The van der Waals surface area contributed by atoms with Crippen molar-refractivity contribution in [2.45, 2.75) is 63.1 Å². The molecule has 34 heavy (non-hydrogen) atoms. The second kappa shape index (κ2) is 9.07. The van der Waals surface area contributed by atoms with Gasteiger partial charge in [0.2, 0.25) is 0 Å².